The number of rotatable bonds is 8. The van der Waals surface area contributed by atoms with Gasteiger partial charge in [0.25, 0.3) is 5.91 Å². The second-order valence-corrected chi connectivity index (χ2v) is 6.37. The van der Waals surface area contributed by atoms with Crippen molar-refractivity contribution in [2.45, 2.75) is 20.5 Å². The number of amides is 2. The van der Waals surface area contributed by atoms with E-state index >= 15 is 0 Å². The van der Waals surface area contributed by atoms with Crippen LogP contribution in [0.2, 0.25) is 0 Å². The maximum absolute atomic E-state index is 12.4. The van der Waals surface area contributed by atoms with Crippen LogP contribution in [-0.4, -0.2) is 31.6 Å². The first-order chi connectivity index (χ1) is 12.4. The van der Waals surface area contributed by atoms with Gasteiger partial charge in [0.1, 0.15) is 16.4 Å². The van der Waals surface area contributed by atoms with Gasteiger partial charge in [0, 0.05) is 10.6 Å². The number of alkyl halides is 2. The van der Waals surface area contributed by atoms with Crippen LogP contribution in [-0.2, 0) is 4.79 Å². The average molecular weight is 384 g/mol. The predicted octanol–water partition coefficient (Wildman–Crippen LogP) is 3.43. The third-order valence-electron chi connectivity index (χ3n) is 3.10. The van der Waals surface area contributed by atoms with E-state index in [4.69, 9.17) is 4.74 Å². The third kappa shape index (κ3) is 5.69. The maximum atomic E-state index is 12.4. The van der Waals surface area contributed by atoms with Gasteiger partial charge >= 0.3 is 6.61 Å². The first-order valence-corrected chi connectivity index (χ1v) is 8.56. The van der Waals surface area contributed by atoms with Gasteiger partial charge in [-0.2, -0.15) is 8.78 Å². The Hall–Kier alpha value is -2.68. The molecule has 0 saturated heterocycles. The molecule has 9 heteroatoms. The smallest absolute Gasteiger partial charge is 0.387 e. The van der Waals surface area contributed by atoms with Gasteiger partial charge in [-0.3, -0.25) is 9.59 Å². The third-order valence-corrected chi connectivity index (χ3v) is 4.13. The SMILES string of the molecule is CCOc1ccc(NC(=O)CNC(=O)c2sc(C)cc2OC(F)F)cc1. The number of carbonyl (C=O) groups excluding carboxylic acids is 2. The summed E-state index contributed by atoms with van der Waals surface area (Å²) >= 11 is 1.01. The van der Waals surface area contributed by atoms with Crippen molar-refractivity contribution in [2.24, 2.45) is 0 Å². The number of benzene rings is 1. The zero-order valence-electron chi connectivity index (χ0n) is 14.2. The highest BCUT2D eigenvalue weighted by molar-refractivity contribution is 7.14. The lowest BCUT2D eigenvalue weighted by atomic mass is 10.3. The first kappa shape index (κ1) is 19.6. The van der Waals surface area contributed by atoms with Crippen LogP contribution in [0.1, 0.15) is 21.5 Å². The van der Waals surface area contributed by atoms with Crippen molar-refractivity contribution < 1.29 is 27.8 Å². The van der Waals surface area contributed by atoms with Crippen LogP contribution in [0.3, 0.4) is 0 Å². The summed E-state index contributed by atoms with van der Waals surface area (Å²) in [6.07, 6.45) is 0. The first-order valence-electron chi connectivity index (χ1n) is 7.75. The van der Waals surface area contributed by atoms with E-state index in [1.165, 1.54) is 6.07 Å². The van der Waals surface area contributed by atoms with Crippen molar-refractivity contribution in [2.75, 3.05) is 18.5 Å². The van der Waals surface area contributed by atoms with E-state index in [9.17, 15) is 18.4 Å². The van der Waals surface area contributed by atoms with Gasteiger partial charge in [-0.25, -0.2) is 0 Å². The van der Waals surface area contributed by atoms with Crippen LogP contribution in [0.5, 0.6) is 11.5 Å². The molecule has 2 rings (SSSR count). The Morgan fingerprint density at radius 1 is 1.23 bits per heavy atom. The fourth-order valence-electron chi connectivity index (χ4n) is 2.08. The molecule has 0 spiro atoms. The number of anilines is 1. The number of aryl methyl sites for hydroxylation is 1. The van der Waals surface area contributed by atoms with E-state index in [-0.39, 0.29) is 17.2 Å². The Morgan fingerprint density at radius 3 is 2.54 bits per heavy atom. The predicted molar refractivity (Wildman–Crippen MR) is 94.3 cm³/mol. The largest absolute Gasteiger partial charge is 0.494 e. The molecule has 140 valence electrons. The van der Waals surface area contributed by atoms with Crippen molar-refractivity contribution in [1.29, 1.82) is 0 Å². The molecule has 0 aliphatic rings. The van der Waals surface area contributed by atoms with Crippen LogP contribution >= 0.6 is 11.3 Å². The lowest BCUT2D eigenvalue weighted by molar-refractivity contribution is -0.115. The number of ether oxygens (including phenoxy) is 2. The van der Waals surface area contributed by atoms with Crippen molar-refractivity contribution in [3.8, 4) is 11.5 Å². The van der Waals surface area contributed by atoms with E-state index in [0.717, 1.165) is 11.3 Å². The molecule has 2 aromatic rings. The molecule has 26 heavy (non-hydrogen) atoms. The topological polar surface area (TPSA) is 76.7 Å². The summed E-state index contributed by atoms with van der Waals surface area (Å²) in [6, 6.07) is 8.11. The second kappa shape index (κ2) is 9.14. The highest BCUT2D eigenvalue weighted by Gasteiger charge is 2.19. The van der Waals surface area contributed by atoms with Crippen LogP contribution in [0.4, 0.5) is 14.5 Å². The summed E-state index contributed by atoms with van der Waals surface area (Å²) in [5.41, 5.74) is 0.543. The zero-order valence-corrected chi connectivity index (χ0v) is 15.0. The van der Waals surface area contributed by atoms with Crippen LogP contribution in [0.15, 0.2) is 30.3 Å². The van der Waals surface area contributed by atoms with Crippen LogP contribution < -0.4 is 20.1 Å². The number of halogens is 2. The monoisotopic (exact) mass is 384 g/mol. The van der Waals surface area contributed by atoms with Gasteiger partial charge in [0.05, 0.1) is 13.2 Å². The molecule has 0 aliphatic heterocycles. The fourth-order valence-corrected chi connectivity index (χ4v) is 2.94. The van der Waals surface area contributed by atoms with Crippen LogP contribution in [0, 0.1) is 6.92 Å². The number of nitrogens with one attached hydrogen (secondary N) is 2. The molecule has 2 N–H and O–H groups in total. The summed E-state index contributed by atoms with van der Waals surface area (Å²) in [7, 11) is 0. The minimum atomic E-state index is -3.03. The molecule has 0 saturated carbocycles. The molecule has 0 aliphatic carbocycles. The Morgan fingerprint density at radius 2 is 1.92 bits per heavy atom. The maximum Gasteiger partial charge on any atom is 0.387 e. The lowest BCUT2D eigenvalue weighted by Crippen LogP contribution is -2.32. The quantitative estimate of drug-likeness (QED) is 0.731. The Balaban J connectivity index is 1.89. The molecular weight excluding hydrogens is 366 g/mol. The van der Waals surface area contributed by atoms with Gasteiger partial charge in [-0.05, 0) is 44.2 Å². The number of thiophene rings is 1. The van der Waals surface area contributed by atoms with Crippen LogP contribution in [0.25, 0.3) is 0 Å². The molecule has 2 amide bonds. The summed E-state index contributed by atoms with van der Waals surface area (Å²) in [5, 5.41) is 5.00. The molecule has 1 aromatic heterocycles. The van der Waals surface area contributed by atoms with Gasteiger partial charge in [0.15, 0.2) is 0 Å². The molecule has 1 aromatic carbocycles. The summed E-state index contributed by atoms with van der Waals surface area (Å²) < 4.78 is 34.4. The highest BCUT2D eigenvalue weighted by Crippen LogP contribution is 2.30. The Bertz CT molecular complexity index is 763. The summed E-state index contributed by atoms with van der Waals surface area (Å²) in [5.74, 6) is -0.627. The van der Waals surface area contributed by atoms with E-state index in [1.807, 2.05) is 6.92 Å². The standard InChI is InChI=1S/C17H18F2N2O4S/c1-3-24-12-6-4-11(5-7-12)21-14(22)9-20-16(23)15-13(25-17(18)19)8-10(2)26-15/h4-8,17H,3,9H2,1-2H3,(H,20,23)(H,21,22). The molecule has 1 heterocycles. The van der Waals surface area contributed by atoms with E-state index in [0.29, 0.717) is 22.9 Å². The van der Waals surface area contributed by atoms with E-state index < -0.39 is 18.4 Å². The van der Waals surface area contributed by atoms with E-state index in [1.54, 1.807) is 31.2 Å². The molecule has 0 atom stereocenters. The summed E-state index contributed by atoms with van der Waals surface area (Å²) in [4.78, 5) is 24.7. The van der Waals surface area contributed by atoms with Gasteiger partial charge in [-0.15, -0.1) is 11.3 Å². The number of hydrogen-bond acceptors (Lipinski definition) is 5. The number of hydrogen-bond donors (Lipinski definition) is 2. The Kier molecular flexibility index (Phi) is 6.90. The van der Waals surface area contributed by atoms with Gasteiger partial charge in [-0.1, -0.05) is 0 Å². The Labute approximate surface area is 153 Å². The zero-order chi connectivity index (χ0) is 19.1. The average Bonchev–Trinajstić information content (AvgIpc) is 2.94. The summed E-state index contributed by atoms with van der Waals surface area (Å²) in [6.45, 7) is 0.733. The molecular formula is C17H18F2N2O4S. The minimum absolute atomic E-state index is 0.00309. The van der Waals surface area contributed by atoms with Crippen molar-refractivity contribution >= 4 is 28.8 Å². The molecule has 0 fully saturated rings. The molecule has 0 bridgehead atoms. The van der Waals surface area contributed by atoms with E-state index in [2.05, 4.69) is 15.4 Å². The lowest BCUT2D eigenvalue weighted by Gasteiger charge is -2.09. The highest BCUT2D eigenvalue weighted by atomic mass is 32.1. The molecule has 0 radical (unpaired) electrons. The van der Waals surface area contributed by atoms with Crippen molar-refractivity contribution in [1.82, 2.24) is 5.32 Å². The van der Waals surface area contributed by atoms with Gasteiger partial charge < -0.3 is 20.1 Å². The normalized spacial score (nSPS) is 10.5. The molecule has 6 nitrogen and oxygen atoms in total. The minimum Gasteiger partial charge on any atom is -0.494 e. The number of carbonyl (C=O) groups is 2. The molecule has 0 unspecified atom stereocenters. The van der Waals surface area contributed by atoms with Crippen molar-refractivity contribution in [3.05, 3.63) is 40.1 Å². The second-order valence-electron chi connectivity index (χ2n) is 5.12. The van der Waals surface area contributed by atoms with Crippen molar-refractivity contribution in [3.63, 3.8) is 0 Å². The fraction of sp³-hybridized carbons (Fsp3) is 0.294. The van der Waals surface area contributed by atoms with Gasteiger partial charge in [0.2, 0.25) is 5.91 Å².